The number of halogens is 3. The van der Waals surface area contributed by atoms with E-state index < -0.39 is 24.5 Å². The SMILES string of the molecule is CC(C)OCC(N)c1noc(CC(F)(F)F)n1. The predicted molar refractivity (Wildman–Crippen MR) is 52.1 cm³/mol. The lowest BCUT2D eigenvalue weighted by Crippen LogP contribution is -2.21. The van der Waals surface area contributed by atoms with E-state index in [4.69, 9.17) is 10.5 Å². The minimum absolute atomic E-state index is 0.0184. The molecule has 0 aliphatic heterocycles. The number of hydrogen-bond donors (Lipinski definition) is 1. The summed E-state index contributed by atoms with van der Waals surface area (Å²) in [4.78, 5) is 3.57. The van der Waals surface area contributed by atoms with Crippen LogP contribution in [-0.4, -0.2) is 29.0 Å². The summed E-state index contributed by atoms with van der Waals surface area (Å²) in [6.45, 7) is 3.76. The molecule has 2 N–H and O–H groups in total. The Morgan fingerprint density at radius 3 is 2.59 bits per heavy atom. The van der Waals surface area contributed by atoms with Crippen LogP contribution in [0, 0.1) is 0 Å². The smallest absolute Gasteiger partial charge is 0.377 e. The van der Waals surface area contributed by atoms with Gasteiger partial charge in [0.15, 0.2) is 5.82 Å². The molecule has 8 heteroatoms. The molecule has 0 fully saturated rings. The van der Waals surface area contributed by atoms with Crippen LogP contribution in [0.4, 0.5) is 13.2 Å². The summed E-state index contributed by atoms with van der Waals surface area (Å²) in [5.41, 5.74) is 5.63. The zero-order valence-corrected chi connectivity index (χ0v) is 9.49. The Labute approximate surface area is 96.1 Å². The molecule has 0 bridgehead atoms. The summed E-state index contributed by atoms with van der Waals surface area (Å²) in [6, 6.07) is -0.692. The Bertz CT molecular complexity index is 352. The first-order chi connectivity index (χ1) is 7.78. The number of rotatable bonds is 5. The Balaban J connectivity index is 2.55. The molecule has 1 aromatic rings. The zero-order chi connectivity index (χ0) is 13.1. The molecule has 0 radical (unpaired) electrons. The lowest BCUT2D eigenvalue weighted by atomic mass is 10.3. The predicted octanol–water partition coefficient (Wildman–Crippen LogP) is 1.60. The van der Waals surface area contributed by atoms with Gasteiger partial charge < -0.3 is 15.0 Å². The van der Waals surface area contributed by atoms with Gasteiger partial charge in [-0.15, -0.1) is 0 Å². The van der Waals surface area contributed by atoms with Crippen LogP contribution in [0.2, 0.25) is 0 Å². The van der Waals surface area contributed by atoms with Crippen molar-refractivity contribution in [3.05, 3.63) is 11.7 Å². The fraction of sp³-hybridized carbons (Fsp3) is 0.778. The minimum atomic E-state index is -4.37. The third-order valence-electron chi connectivity index (χ3n) is 1.78. The third-order valence-corrected chi connectivity index (χ3v) is 1.78. The highest BCUT2D eigenvalue weighted by molar-refractivity contribution is 4.94. The highest BCUT2D eigenvalue weighted by Crippen LogP contribution is 2.20. The average Bonchev–Trinajstić information content (AvgIpc) is 2.59. The lowest BCUT2D eigenvalue weighted by Gasteiger charge is -2.10. The van der Waals surface area contributed by atoms with Crippen LogP contribution >= 0.6 is 0 Å². The first-order valence-corrected chi connectivity index (χ1v) is 5.04. The second-order valence-corrected chi connectivity index (χ2v) is 3.83. The summed E-state index contributed by atoms with van der Waals surface area (Å²) < 4.78 is 45.7. The molecule has 0 amide bonds. The monoisotopic (exact) mass is 253 g/mol. The molecule has 0 aliphatic rings. The molecular weight excluding hydrogens is 239 g/mol. The van der Waals surface area contributed by atoms with Crippen molar-refractivity contribution in [1.29, 1.82) is 0 Å². The highest BCUT2D eigenvalue weighted by Gasteiger charge is 2.31. The number of hydrogen-bond acceptors (Lipinski definition) is 5. The van der Waals surface area contributed by atoms with Crippen molar-refractivity contribution in [1.82, 2.24) is 10.1 Å². The van der Waals surface area contributed by atoms with Crippen LogP contribution in [0.5, 0.6) is 0 Å². The Hall–Kier alpha value is -1.15. The summed E-state index contributed by atoms with van der Waals surface area (Å²) in [5, 5.41) is 3.39. The first kappa shape index (κ1) is 13.9. The van der Waals surface area contributed by atoms with Crippen LogP contribution < -0.4 is 5.73 Å². The van der Waals surface area contributed by atoms with Crippen LogP contribution in [-0.2, 0) is 11.2 Å². The summed E-state index contributed by atoms with van der Waals surface area (Å²) >= 11 is 0. The Kier molecular flexibility index (Phi) is 4.47. The van der Waals surface area contributed by atoms with Gasteiger partial charge in [-0.3, -0.25) is 0 Å². The average molecular weight is 253 g/mol. The second kappa shape index (κ2) is 5.46. The quantitative estimate of drug-likeness (QED) is 0.862. The van der Waals surface area contributed by atoms with E-state index in [0.717, 1.165) is 0 Å². The molecule has 1 atom stereocenters. The van der Waals surface area contributed by atoms with Crippen molar-refractivity contribution in [2.45, 2.75) is 38.6 Å². The standard InChI is InChI=1S/C9H14F3N3O2/c1-5(2)16-4-6(13)8-14-7(17-15-8)3-9(10,11)12/h5-6H,3-4,13H2,1-2H3. The Morgan fingerprint density at radius 2 is 2.06 bits per heavy atom. The minimum Gasteiger partial charge on any atom is -0.377 e. The van der Waals surface area contributed by atoms with Gasteiger partial charge in [0.1, 0.15) is 6.42 Å². The molecule has 0 aromatic carbocycles. The fourth-order valence-electron chi connectivity index (χ4n) is 1.03. The lowest BCUT2D eigenvalue weighted by molar-refractivity contribution is -0.131. The van der Waals surface area contributed by atoms with E-state index in [1.807, 2.05) is 13.8 Å². The largest absolute Gasteiger partial charge is 0.397 e. The van der Waals surface area contributed by atoms with E-state index >= 15 is 0 Å². The Morgan fingerprint density at radius 1 is 1.41 bits per heavy atom. The van der Waals surface area contributed by atoms with E-state index in [0.29, 0.717) is 0 Å². The van der Waals surface area contributed by atoms with E-state index in [2.05, 4.69) is 14.7 Å². The number of alkyl halides is 3. The number of nitrogens with zero attached hydrogens (tertiary/aromatic N) is 2. The summed E-state index contributed by atoms with van der Waals surface area (Å²) in [5.74, 6) is -0.475. The van der Waals surface area contributed by atoms with Crippen molar-refractivity contribution in [3.63, 3.8) is 0 Å². The van der Waals surface area contributed by atoms with Crippen molar-refractivity contribution in [3.8, 4) is 0 Å². The molecule has 1 heterocycles. The maximum Gasteiger partial charge on any atom is 0.397 e. The van der Waals surface area contributed by atoms with Crippen molar-refractivity contribution < 1.29 is 22.4 Å². The van der Waals surface area contributed by atoms with E-state index in [9.17, 15) is 13.2 Å². The maximum atomic E-state index is 12.0. The van der Waals surface area contributed by atoms with E-state index in [1.54, 1.807) is 0 Å². The summed E-state index contributed by atoms with van der Waals surface area (Å²) in [6.07, 6.45) is -5.65. The van der Waals surface area contributed by atoms with Crippen LogP contribution in [0.25, 0.3) is 0 Å². The molecule has 1 rings (SSSR count). The van der Waals surface area contributed by atoms with Crippen molar-refractivity contribution >= 4 is 0 Å². The molecule has 0 saturated carbocycles. The molecule has 0 saturated heterocycles. The number of ether oxygens (including phenoxy) is 1. The highest BCUT2D eigenvalue weighted by atomic mass is 19.4. The van der Waals surface area contributed by atoms with Crippen LogP contribution in [0.15, 0.2) is 4.52 Å². The normalized spacial score (nSPS) is 14.3. The van der Waals surface area contributed by atoms with Gasteiger partial charge >= 0.3 is 6.18 Å². The van der Waals surface area contributed by atoms with Gasteiger partial charge in [0.25, 0.3) is 0 Å². The van der Waals surface area contributed by atoms with Crippen molar-refractivity contribution in [2.24, 2.45) is 5.73 Å². The van der Waals surface area contributed by atoms with Crippen LogP contribution in [0.1, 0.15) is 31.6 Å². The van der Waals surface area contributed by atoms with Crippen LogP contribution in [0.3, 0.4) is 0 Å². The molecule has 1 aromatic heterocycles. The second-order valence-electron chi connectivity index (χ2n) is 3.83. The molecule has 98 valence electrons. The third kappa shape index (κ3) is 5.14. The van der Waals surface area contributed by atoms with Gasteiger partial charge in [-0.2, -0.15) is 18.2 Å². The van der Waals surface area contributed by atoms with Gasteiger partial charge in [-0.25, -0.2) is 0 Å². The van der Waals surface area contributed by atoms with Gasteiger partial charge in [0.2, 0.25) is 5.89 Å². The van der Waals surface area contributed by atoms with Gasteiger partial charge in [-0.1, -0.05) is 5.16 Å². The molecule has 5 nitrogen and oxygen atoms in total. The van der Waals surface area contributed by atoms with Gasteiger partial charge in [0, 0.05) is 0 Å². The number of aromatic nitrogens is 2. The fourth-order valence-corrected chi connectivity index (χ4v) is 1.03. The molecule has 0 spiro atoms. The van der Waals surface area contributed by atoms with E-state index in [1.165, 1.54) is 0 Å². The number of nitrogens with two attached hydrogens (primary N) is 1. The zero-order valence-electron chi connectivity index (χ0n) is 9.49. The first-order valence-electron chi connectivity index (χ1n) is 5.04. The van der Waals surface area contributed by atoms with Crippen molar-refractivity contribution in [2.75, 3.05) is 6.61 Å². The molecule has 0 aliphatic carbocycles. The molecule has 17 heavy (non-hydrogen) atoms. The summed E-state index contributed by atoms with van der Waals surface area (Å²) in [7, 11) is 0. The van der Waals surface area contributed by atoms with E-state index in [-0.39, 0.29) is 18.5 Å². The molecule has 1 unspecified atom stereocenters. The van der Waals surface area contributed by atoms with Gasteiger partial charge in [0.05, 0.1) is 18.8 Å². The maximum absolute atomic E-state index is 12.0. The topological polar surface area (TPSA) is 74.2 Å². The van der Waals surface area contributed by atoms with Gasteiger partial charge in [-0.05, 0) is 13.8 Å². The molecular formula is C9H14F3N3O2.